The number of aryl methyl sites for hydroxylation is 1. The Kier molecular flexibility index (Phi) is 6.85. The van der Waals surface area contributed by atoms with E-state index in [1.807, 2.05) is 37.3 Å². The molecule has 0 bridgehead atoms. The number of nitrogens with one attached hydrogen (secondary N) is 2. The maximum atomic E-state index is 12.2. The van der Waals surface area contributed by atoms with Crippen LogP contribution in [0.5, 0.6) is 0 Å². The lowest BCUT2D eigenvalue weighted by Crippen LogP contribution is -2.21. The monoisotopic (exact) mass is 388 g/mol. The van der Waals surface area contributed by atoms with Gasteiger partial charge >= 0.3 is 0 Å². The lowest BCUT2D eigenvalue weighted by atomic mass is 10.1. The molecule has 1 aromatic heterocycles. The van der Waals surface area contributed by atoms with Gasteiger partial charge in [-0.15, -0.1) is 0 Å². The third kappa shape index (κ3) is 5.82. The molecule has 3 rings (SSSR count). The number of nitrogens with zero attached hydrogens (tertiary/aromatic N) is 2. The Hall–Kier alpha value is -3.34. The summed E-state index contributed by atoms with van der Waals surface area (Å²) in [6.07, 6.45) is 2.06. The quantitative estimate of drug-likeness (QED) is 0.559. The number of carbonyl (C=O) groups excluding carboxylic acids is 1. The Balaban J connectivity index is 1.55. The summed E-state index contributed by atoms with van der Waals surface area (Å²) in [5, 5.41) is 6.18. The van der Waals surface area contributed by atoms with E-state index in [0.29, 0.717) is 12.2 Å². The normalized spacial score (nSPS) is 10.4. The van der Waals surface area contributed by atoms with Gasteiger partial charge in [-0.3, -0.25) is 4.79 Å². The number of anilines is 4. The van der Waals surface area contributed by atoms with Crippen LogP contribution in [0.1, 0.15) is 25.0 Å². The van der Waals surface area contributed by atoms with Crippen LogP contribution in [0.25, 0.3) is 0 Å². The Morgan fingerprint density at radius 2 is 1.55 bits per heavy atom. The highest BCUT2D eigenvalue weighted by Gasteiger charge is 2.06. The Morgan fingerprint density at radius 3 is 2.14 bits per heavy atom. The predicted molar refractivity (Wildman–Crippen MR) is 121 cm³/mol. The van der Waals surface area contributed by atoms with E-state index < -0.39 is 0 Å². The predicted octanol–water partition coefficient (Wildman–Crippen LogP) is 5.16. The molecule has 0 aliphatic rings. The molecule has 0 radical (unpaired) electrons. The van der Waals surface area contributed by atoms with E-state index in [1.165, 1.54) is 11.3 Å². The number of aromatic nitrogens is 1. The maximum Gasteiger partial charge on any atom is 0.229 e. The van der Waals surface area contributed by atoms with Crippen molar-refractivity contribution in [2.45, 2.75) is 27.2 Å². The fraction of sp³-hybridized carbons (Fsp3) is 0.250. The lowest BCUT2D eigenvalue weighted by molar-refractivity contribution is -0.115. The average molecular weight is 389 g/mol. The second kappa shape index (κ2) is 9.73. The van der Waals surface area contributed by atoms with Gasteiger partial charge in [-0.1, -0.05) is 29.8 Å². The fourth-order valence-electron chi connectivity index (χ4n) is 3.13. The topological polar surface area (TPSA) is 57.3 Å². The summed E-state index contributed by atoms with van der Waals surface area (Å²) in [7, 11) is 0. The van der Waals surface area contributed by atoms with Gasteiger partial charge in [-0.05, 0) is 62.7 Å². The molecule has 29 heavy (non-hydrogen) atoms. The molecule has 0 spiro atoms. The van der Waals surface area contributed by atoms with Gasteiger partial charge in [0.2, 0.25) is 5.91 Å². The number of rotatable bonds is 8. The third-order valence-electron chi connectivity index (χ3n) is 4.80. The second-order valence-corrected chi connectivity index (χ2v) is 6.99. The van der Waals surface area contributed by atoms with Gasteiger partial charge in [0.1, 0.15) is 5.82 Å². The van der Waals surface area contributed by atoms with Crippen molar-refractivity contribution >= 4 is 28.8 Å². The van der Waals surface area contributed by atoms with Gasteiger partial charge in [-0.25, -0.2) is 4.98 Å². The standard InChI is InChI=1S/C24H28N4O/c1-4-28(5-2)22-13-10-20(11-14-22)26-21-12-15-23(25-17-21)27-24(29)16-19-8-6-18(3)7-9-19/h6-15,17,26H,4-5,16H2,1-3H3,(H,25,27,29). The van der Waals surface area contributed by atoms with Gasteiger partial charge in [0.25, 0.3) is 0 Å². The summed E-state index contributed by atoms with van der Waals surface area (Å²) < 4.78 is 0. The molecule has 2 aromatic carbocycles. The fourth-order valence-corrected chi connectivity index (χ4v) is 3.13. The van der Waals surface area contributed by atoms with Crippen molar-refractivity contribution in [3.05, 3.63) is 78.0 Å². The summed E-state index contributed by atoms with van der Waals surface area (Å²) in [6.45, 7) is 8.32. The number of hydrogen-bond donors (Lipinski definition) is 2. The van der Waals surface area contributed by atoms with E-state index in [9.17, 15) is 4.79 Å². The van der Waals surface area contributed by atoms with Crippen LogP contribution in [0.2, 0.25) is 0 Å². The van der Waals surface area contributed by atoms with Crippen LogP contribution in [0.3, 0.4) is 0 Å². The van der Waals surface area contributed by atoms with Gasteiger partial charge in [0, 0.05) is 24.5 Å². The van der Waals surface area contributed by atoms with Crippen LogP contribution in [0.15, 0.2) is 66.9 Å². The number of carbonyl (C=O) groups is 1. The summed E-state index contributed by atoms with van der Waals surface area (Å²) in [5.74, 6) is 0.471. The first-order valence-corrected chi connectivity index (χ1v) is 10.0. The number of amides is 1. The molecule has 150 valence electrons. The zero-order valence-corrected chi connectivity index (χ0v) is 17.3. The van der Waals surface area contributed by atoms with Crippen molar-refractivity contribution in [1.82, 2.24) is 4.98 Å². The molecule has 0 saturated carbocycles. The Bertz CT molecular complexity index is 915. The zero-order valence-electron chi connectivity index (χ0n) is 17.3. The first-order chi connectivity index (χ1) is 14.1. The first kappa shape index (κ1) is 20.4. The van der Waals surface area contributed by atoms with Crippen molar-refractivity contribution in [3.8, 4) is 0 Å². The molecule has 2 N–H and O–H groups in total. The SMILES string of the molecule is CCN(CC)c1ccc(Nc2ccc(NC(=O)Cc3ccc(C)cc3)nc2)cc1. The molecule has 5 heteroatoms. The second-order valence-electron chi connectivity index (χ2n) is 6.99. The highest BCUT2D eigenvalue weighted by atomic mass is 16.1. The summed E-state index contributed by atoms with van der Waals surface area (Å²) in [5.41, 5.74) is 5.25. The van der Waals surface area contributed by atoms with Crippen molar-refractivity contribution in [2.75, 3.05) is 28.6 Å². The van der Waals surface area contributed by atoms with Gasteiger partial charge in [0.15, 0.2) is 0 Å². The van der Waals surface area contributed by atoms with E-state index in [1.54, 1.807) is 12.3 Å². The van der Waals surface area contributed by atoms with Crippen LogP contribution < -0.4 is 15.5 Å². The molecular formula is C24H28N4O. The number of hydrogen-bond acceptors (Lipinski definition) is 4. The molecule has 0 saturated heterocycles. The third-order valence-corrected chi connectivity index (χ3v) is 4.80. The van der Waals surface area contributed by atoms with Crippen LogP contribution >= 0.6 is 0 Å². The molecule has 0 unspecified atom stereocenters. The van der Waals surface area contributed by atoms with E-state index in [-0.39, 0.29) is 5.91 Å². The lowest BCUT2D eigenvalue weighted by Gasteiger charge is -2.21. The molecule has 0 aliphatic heterocycles. The van der Waals surface area contributed by atoms with Crippen LogP contribution in [0, 0.1) is 6.92 Å². The van der Waals surface area contributed by atoms with Crippen molar-refractivity contribution in [1.29, 1.82) is 0 Å². The smallest absolute Gasteiger partial charge is 0.229 e. The number of pyridine rings is 1. The van der Waals surface area contributed by atoms with Crippen LogP contribution in [0.4, 0.5) is 22.9 Å². The van der Waals surface area contributed by atoms with Crippen molar-refractivity contribution < 1.29 is 4.79 Å². The van der Waals surface area contributed by atoms with E-state index >= 15 is 0 Å². The first-order valence-electron chi connectivity index (χ1n) is 10.0. The Morgan fingerprint density at radius 1 is 0.897 bits per heavy atom. The Labute approximate surface area is 172 Å². The minimum atomic E-state index is -0.0750. The average Bonchev–Trinajstić information content (AvgIpc) is 2.73. The molecule has 1 amide bonds. The van der Waals surface area contributed by atoms with E-state index in [0.717, 1.165) is 30.0 Å². The van der Waals surface area contributed by atoms with Gasteiger partial charge in [-0.2, -0.15) is 0 Å². The summed E-state index contributed by atoms with van der Waals surface area (Å²) >= 11 is 0. The molecule has 5 nitrogen and oxygen atoms in total. The summed E-state index contributed by atoms with van der Waals surface area (Å²) in [4.78, 5) is 18.9. The van der Waals surface area contributed by atoms with Crippen LogP contribution in [-0.2, 0) is 11.2 Å². The molecule has 0 fully saturated rings. The largest absolute Gasteiger partial charge is 0.372 e. The van der Waals surface area contributed by atoms with Crippen molar-refractivity contribution in [3.63, 3.8) is 0 Å². The number of benzene rings is 2. The van der Waals surface area contributed by atoms with E-state index in [2.05, 4.69) is 58.6 Å². The molecular weight excluding hydrogens is 360 g/mol. The molecule has 1 heterocycles. The summed E-state index contributed by atoms with van der Waals surface area (Å²) in [6, 6.07) is 20.0. The minimum absolute atomic E-state index is 0.0750. The van der Waals surface area contributed by atoms with E-state index in [4.69, 9.17) is 0 Å². The maximum absolute atomic E-state index is 12.2. The van der Waals surface area contributed by atoms with Gasteiger partial charge < -0.3 is 15.5 Å². The molecule has 0 aliphatic carbocycles. The van der Waals surface area contributed by atoms with Crippen LogP contribution in [-0.4, -0.2) is 24.0 Å². The van der Waals surface area contributed by atoms with Crippen molar-refractivity contribution in [2.24, 2.45) is 0 Å². The van der Waals surface area contributed by atoms with Gasteiger partial charge in [0.05, 0.1) is 18.3 Å². The minimum Gasteiger partial charge on any atom is -0.372 e. The highest BCUT2D eigenvalue weighted by Crippen LogP contribution is 2.21. The molecule has 0 atom stereocenters. The highest BCUT2D eigenvalue weighted by molar-refractivity contribution is 5.91. The molecule has 3 aromatic rings. The zero-order chi connectivity index (χ0) is 20.6.